The number of hydrogen-bond donors (Lipinski definition) is 3. The zero-order valence-electron chi connectivity index (χ0n) is 21.1. The van der Waals surface area contributed by atoms with Crippen LogP contribution in [0.1, 0.15) is 15.9 Å². The quantitative estimate of drug-likeness (QED) is 0.317. The molecule has 0 atom stereocenters. The summed E-state index contributed by atoms with van der Waals surface area (Å²) in [6.45, 7) is 3.33. The van der Waals surface area contributed by atoms with Gasteiger partial charge < -0.3 is 30.6 Å². The molecule has 1 fully saturated rings. The van der Waals surface area contributed by atoms with Crippen molar-refractivity contribution >= 4 is 46.5 Å². The number of amides is 2. The van der Waals surface area contributed by atoms with Gasteiger partial charge in [0.1, 0.15) is 5.75 Å². The molecule has 0 unspecified atom stereocenters. The van der Waals surface area contributed by atoms with Crippen LogP contribution < -0.4 is 20.7 Å². The monoisotopic (exact) mass is 533 g/mol. The van der Waals surface area contributed by atoms with E-state index in [4.69, 9.17) is 10.5 Å². The number of anilines is 2. The summed E-state index contributed by atoms with van der Waals surface area (Å²) in [5.41, 5.74) is 10.3. The third-order valence-electron chi connectivity index (χ3n) is 6.67. The molecule has 9 heteroatoms. The number of fused-ring (bicyclic) bond motifs is 1. The highest BCUT2D eigenvalue weighted by atomic mass is 35.5. The largest absolute Gasteiger partial charge is 0.484 e. The van der Waals surface area contributed by atoms with Crippen molar-refractivity contribution in [1.82, 2.24) is 9.88 Å². The molecule has 4 aromatic rings. The molecule has 2 amide bonds. The first-order valence-corrected chi connectivity index (χ1v) is 12.5. The van der Waals surface area contributed by atoms with Crippen LogP contribution in [0.15, 0.2) is 79.0 Å². The van der Waals surface area contributed by atoms with Gasteiger partial charge in [0.15, 0.2) is 6.61 Å². The molecule has 38 heavy (non-hydrogen) atoms. The van der Waals surface area contributed by atoms with Crippen LogP contribution in [-0.2, 0) is 11.2 Å². The summed E-state index contributed by atoms with van der Waals surface area (Å²) in [5.74, 6) is 0.526. The Morgan fingerprint density at radius 3 is 2.39 bits per heavy atom. The zero-order valence-corrected chi connectivity index (χ0v) is 21.9. The highest BCUT2D eigenvalue weighted by Crippen LogP contribution is 2.24. The fourth-order valence-electron chi connectivity index (χ4n) is 4.61. The predicted molar refractivity (Wildman–Crippen MR) is 153 cm³/mol. The van der Waals surface area contributed by atoms with Crippen molar-refractivity contribution in [3.05, 3.63) is 90.1 Å². The van der Waals surface area contributed by atoms with Gasteiger partial charge in [-0.1, -0.05) is 18.2 Å². The van der Waals surface area contributed by atoms with Crippen LogP contribution in [0.5, 0.6) is 5.75 Å². The Morgan fingerprint density at radius 1 is 0.947 bits per heavy atom. The van der Waals surface area contributed by atoms with E-state index in [-0.39, 0.29) is 30.8 Å². The minimum absolute atomic E-state index is 0. The number of rotatable bonds is 8. The van der Waals surface area contributed by atoms with Crippen LogP contribution in [0.2, 0.25) is 0 Å². The van der Waals surface area contributed by atoms with E-state index in [0.717, 1.165) is 47.4 Å². The van der Waals surface area contributed by atoms with Crippen molar-refractivity contribution in [3.63, 3.8) is 0 Å². The van der Waals surface area contributed by atoms with Crippen LogP contribution in [-0.4, -0.2) is 61.0 Å². The second-order valence-corrected chi connectivity index (χ2v) is 9.08. The molecule has 4 N–H and O–H groups in total. The Bertz CT molecular complexity index is 1370. The molecule has 1 aliphatic heterocycles. The number of piperazine rings is 1. The fourth-order valence-corrected chi connectivity index (χ4v) is 4.61. The maximum atomic E-state index is 12.8. The van der Waals surface area contributed by atoms with E-state index < -0.39 is 0 Å². The van der Waals surface area contributed by atoms with Gasteiger partial charge in [0.2, 0.25) is 0 Å². The number of hydrogen-bond acceptors (Lipinski definition) is 5. The fraction of sp³-hybridized carbons (Fsp3) is 0.241. The Hall–Kier alpha value is -4.01. The van der Waals surface area contributed by atoms with Gasteiger partial charge in [-0.25, -0.2) is 0 Å². The van der Waals surface area contributed by atoms with E-state index in [1.165, 1.54) is 0 Å². The van der Waals surface area contributed by atoms with Gasteiger partial charge in [-0.05, 0) is 73.1 Å². The molecule has 8 nitrogen and oxygen atoms in total. The minimum Gasteiger partial charge on any atom is -0.484 e. The molecular formula is C29H32ClN5O3. The first-order chi connectivity index (χ1) is 18.1. The predicted octanol–water partition coefficient (Wildman–Crippen LogP) is 4.07. The molecule has 1 aromatic heterocycles. The molecular weight excluding hydrogens is 502 g/mol. The average molecular weight is 534 g/mol. The zero-order chi connectivity index (χ0) is 25.6. The molecule has 3 aromatic carbocycles. The maximum Gasteiger partial charge on any atom is 0.260 e. The summed E-state index contributed by atoms with van der Waals surface area (Å²) >= 11 is 0. The lowest BCUT2D eigenvalue weighted by molar-refractivity contribution is -0.133. The normalized spacial score (nSPS) is 13.2. The first-order valence-electron chi connectivity index (χ1n) is 12.5. The number of carbonyl (C=O) groups excluding carboxylic acids is 2. The highest BCUT2D eigenvalue weighted by Gasteiger charge is 2.22. The number of nitrogens with two attached hydrogens (primary N) is 1. The van der Waals surface area contributed by atoms with Crippen LogP contribution in [0.4, 0.5) is 11.4 Å². The minimum atomic E-state index is -0.133. The smallest absolute Gasteiger partial charge is 0.260 e. The Balaban J connectivity index is 0.00000336. The maximum absolute atomic E-state index is 12.8. The van der Waals surface area contributed by atoms with Crippen LogP contribution in [0.25, 0.3) is 10.9 Å². The van der Waals surface area contributed by atoms with Gasteiger partial charge in [-0.3, -0.25) is 9.59 Å². The number of nitrogens with zero attached hydrogens (tertiary/aromatic N) is 2. The lowest BCUT2D eigenvalue weighted by atomic mass is 10.1. The van der Waals surface area contributed by atoms with Gasteiger partial charge in [0, 0.05) is 60.2 Å². The molecule has 0 bridgehead atoms. The Labute approximate surface area is 228 Å². The van der Waals surface area contributed by atoms with E-state index in [1.807, 2.05) is 71.8 Å². The van der Waals surface area contributed by atoms with E-state index in [9.17, 15) is 9.59 Å². The number of carbonyl (C=O) groups is 2. The van der Waals surface area contributed by atoms with Crippen molar-refractivity contribution < 1.29 is 14.3 Å². The summed E-state index contributed by atoms with van der Waals surface area (Å²) in [6.07, 6.45) is 2.76. The second-order valence-electron chi connectivity index (χ2n) is 9.08. The van der Waals surface area contributed by atoms with Gasteiger partial charge in [0.05, 0.1) is 0 Å². The summed E-state index contributed by atoms with van der Waals surface area (Å²) in [6, 6.07) is 22.8. The van der Waals surface area contributed by atoms with Crippen LogP contribution >= 0.6 is 12.4 Å². The standard InChI is InChI=1S/C29H31N5O3.ClH/c30-13-12-22-19-31-27-11-10-25(18-26(22)27)37-20-28(35)34-16-14-33(15-17-34)24-8-6-23(7-9-24)32-29(36)21-4-2-1-3-5-21;/h1-11,18-19,31H,12-17,20,30H2,(H,32,36);1H. The van der Waals surface area contributed by atoms with Crippen molar-refractivity contribution in [2.24, 2.45) is 5.73 Å². The summed E-state index contributed by atoms with van der Waals surface area (Å²) < 4.78 is 5.84. The van der Waals surface area contributed by atoms with Gasteiger partial charge in [0.25, 0.3) is 11.8 Å². The van der Waals surface area contributed by atoms with E-state index >= 15 is 0 Å². The van der Waals surface area contributed by atoms with E-state index in [1.54, 1.807) is 12.1 Å². The third kappa shape index (κ3) is 6.27. The number of benzene rings is 3. The molecule has 5 rings (SSSR count). The molecule has 0 aliphatic carbocycles. The van der Waals surface area contributed by atoms with Crippen molar-refractivity contribution in [2.45, 2.75) is 6.42 Å². The lowest BCUT2D eigenvalue weighted by Crippen LogP contribution is -2.50. The van der Waals surface area contributed by atoms with E-state index in [2.05, 4.69) is 15.2 Å². The number of aromatic amines is 1. The molecule has 1 saturated heterocycles. The van der Waals surface area contributed by atoms with Crippen molar-refractivity contribution in [1.29, 1.82) is 0 Å². The summed E-state index contributed by atoms with van der Waals surface area (Å²) in [4.78, 5) is 32.5. The molecule has 1 aliphatic rings. The van der Waals surface area contributed by atoms with Crippen LogP contribution in [0.3, 0.4) is 0 Å². The molecule has 0 radical (unpaired) electrons. The van der Waals surface area contributed by atoms with E-state index in [0.29, 0.717) is 30.9 Å². The van der Waals surface area contributed by atoms with Crippen molar-refractivity contribution in [3.8, 4) is 5.75 Å². The van der Waals surface area contributed by atoms with Gasteiger partial charge in [-0.15, -0.1) is 12.4 Å². The summed E-state index contributed by atoms with van der Waals surface area (Å²) in [7, 11) is 0. The van der Waals surface area contributed by atoms with Gasteiger partial charge >= 0.3 is 0 Å². The number of aromatic nitrogens is 1. The topological polar surface area (TPSA) is 104 Å². The average Bonchev–Trinajstić information content (AvgIpc) is 3.35. The number of halogens is 1. The second kappa shape index (κ2) is 12.5. The van der Waals surface area contributed by atoms with Crippen LogP contribution in [0, 0.1) is 0 Å². The van der Waals surface area contributed by atoms with Gasteiger partial charge in [-0.2, -0.15) is 0 Å². The Morgan fingerprint density at radius 2 is 1.68 bits per heavy atom. The summed E-state index contributed by atoms with van der Waals surface area (Å²) in [5, 5.41) is 4.00. The first kappa shape index (κ1) is 27.0. The molecule has 0 spiro atoms. The third-order valence-corrected chi connectivity index (χ3v) is 6.67. The van der Waals surface area contributed by atoms with Crippen molar-refractivity contribution in [2.75, 3.05) is 49.5 Å². The molecule has 2 heterocycles. The highest BCUT2D eigenvalue weighted by molar-refractivity contribution is 6.04. The number of nitrogens with one attached hydrogen (secondary N) is 2. The number of ether oxygens (including phenoxy) is 1. The molecule has 0 saturated carbocycles. The SMILES string of the molecule is Cl.NCCc1c[nH]c2ccc(OCC(=O)N3CCN(c4ccc(NC(=O)c5ccccc5)cc4)CC3)cc12. The lowest BCUT2D eigenvalue weighted by Gasteiger charge is -2.36. The number of H-pyrrole nitrogens is 1. The Kier molecular flexibility index (Phi) is 8.89. The molecule has 198 valence electrons.